The third-order valence-corrected chi connectivity index (χ3v) is 2.24. The highest BCUT2D eigenvalue weighted by atomic mass is 19.1. The molecule has 1 rings (SSSR count). The van der Waals surface area contributed by atoms with Gasteiger partial charge in [0, 0.05) is 12.5 Å². The van der Waals surface area contributed by atoms with Crippen molar-refractivity contribution in [3.8, 4) is 0 Å². The molecule has 2 heteroatoms. The molecule has 1 aromatic rings. The Balaban J connectivity index is 2.81. The summed E-state index contributed by atoms with van der Waals surface area (Å²) >= 11 is 0. The van der Waals surface area contributed by atoms with Crippen molar-refractivity contribution in [2.45, 2.75) is 25.9 Å². The van der Waals surface area contributed by atoms with Gasteiger partial charge in [0.1, 0.15) is 6.17 Å². The van der Waals surface area contributed by atoms with E-state index < -0.39 is 6.17 Å². The van der Waals surface area contributed by atoms with Crippen molar-refractivity contribution >= 4 is 0 Å². The standard InChI is InChI=1S/C11H15FO/c1-8(7-13)10-3-5-11(6-4-10)9(2)12/h3-6,8-9,13H,7H2,1-2H3. The molecule has 0 amide bonds. The minimum absolute atomic E-state index is 0.129. The van der Waals surface area contributed by atoms with Crippen molar-refractivity contribution in [3.05, 3.63) is 35.4 Å². The summed E-state index contributed by atoms with van der Waals surface area (Å²) in [5, 5.41) is 8.89. The quantitative estimate of drug-likeness (QED) is 0.762. The first kappa shape index (κ1) is 10.2. The van der Waals surface area contributed by atoms with Crippen molar-refractivity contribution in [2.75, 3.05) is 6.61 Å². The Labute approximate surface area is 78.2 Å². The second-order valence-corrected chi connectivity index (χ2v) is 3.37. The molecule has 0 saturated heterocycles. The summed E-state index contributed by atoms with van der Waals surface area (Å²) in [6, 6.07) is 7.27. The molecule has 0 aliphatic rings. The maximum absolute atomic E-state index is 12.8. The molecule has 1 aromatic carbocycles. The van der Waals surface area contributed by atoms with Gasteiger partial charge in [0.15, 0.2) is 0 Å². The summed E-state index contributed by atoms with van der Waals surface area (Å²) in [6.45, 7) is 3.59. The SMILES string of the molecule is CC(F)c1ccc(C(C)CO)cc1. The highest BCUT2D eigenvalue weighted by Crippen LogP contribution is 2.20. The van der Waals surface area contributed by atoms with E-state index in [4.69, 9.17) is 5.11 Å². The lowest BCUT2D eigenvalue weighted by molar-refractivity contribution is 0.273. The molecule has 0 aliphatic heterocycles. The molecule has 13 heavy (non-hydrogen) atoms. The maximum Gasteiger partial charge on any atom is 0.122 e. The third kappa shape index (κ3) is 2.52. The Kier molecular flexibility index (Phi) is 3.43. The Bertz CT molecular complexity index is 253. The molecule has 0 heterocycles. The van der Waals surface area contributed by atoms with Crippen LogP contribution in [-0.4, -0.2) is 11.7 Å². The van der Waals surface area contributed by atoms with Gasteiger partial charge in [-0.05, 0) is 18.1 Å². The normalized spacial score (nSPS) is 15.4. The lowest BCUT2D eigenvalue weighted by atomic mass is 10.00. The Morgan fingerprint density at radius 2 is 1.62 bits per heavy atom. The van der Waals surface area contributed by atoms with Gasteiger partial charge in [-0.2, -0.15) is 0 Å². The van der Waals surface area contributed by atoms with E-state index in [1.165, 1.54) is 6.92 Å². The fourth-order valence-electron chi connectivity index (χ4n) is 1.20. The van der Waals surface area contributed by atoms with Gasteiger partial charge in [-0.3, -0.25) is 0 Å². The molecule has 1 N–H and O–H groups in total. The van der Waals surface area contributed by atoms with Gasteiger partial charge in [0.05, 0.1) is 0 Å². The molecule has 2 atom stereocenters. The number of aliphatic hydroxyl groups excluding tert-OH is 1. The summed E-state index contributed by atoms with van der Waals surface area (Å²) in [4.78, 5) is 0. The van der Waals surface area contributed by atoms with Crippen LogP contribution in [0.2, 0.25) is 0 Å². The minimum atomic E-state index is -0.918. The number of hydrogen-bond acceptors (Lipinski definition) is 1. The van der Waals surface area contributed by atoms with E-state index in [0.717, 1.165) is 5.56 Å². The summed E-state index contributed by atoms with van der Waals surface area (Å²) in [7, 11) is 0. The van der Waals surface area contributed by atoms with Crippen LogP contribution in [0.25, 0.3) is 0 Å². The number of hydrogen-bond donors (Lipinski definition) is 1. The second kappa shape index (κ2) is 4.38. The van der Waals surface area contributed by atoms with E-state index in [-0.39, 0.29) is 12.5 Å². The average Bonchev–Trinajstić information content (AvgIpc) is 2.17. The highest BCUT2D eigenvalue weighted by molar-refractivity contribution is 5.26. The van der Waals surface area contributed by atoms with E-state index >= 15 is 0 Å². The van der Waals surface area contributed by atoms with E-state index in [0.29, 0.717) is 5.56 Å². The van der Waals surface area contributed by atoms with Crippen LogP contribution < -0.4 is 0 Å². The van der Waals surface area contributed by atoms with Gasteiger partial charge in [-0.25, -0.2) is 4.39 Å². The molecule has 0 aliphatic carbocycles. The zero-order valence-corrected chi connectivity index (χ0v) is 8.00. The topological polar surface area (TPSA) is 20.2 Å². The van der Waals surface area contributed by atoms with Crippen LogP contribution in [0.5, 0.6) is 0 Å². The monoisotopic (exact) mass is 182 g/mol. The molecule has 0 aromatic heterocycles. The molecule has 0 fully saturated rings. The van der Waals surface area contributed by atoms with Crippen LogP contribution in [-0.2, 0) is 0 Å². The van der Waals surface area contributed by atoms with Crippen molar-refractivity contribution < 1.29 is 9.50 Å². The molecule has 0 saturated carbocycles. The van der Waals surface area contributed by atoms with Crippen LogP contribution in [0, 0.1) is 0 Å². The summed E-state index contributed by atoms with van der Waals surface area (Å²) < 4.78 is 12.8. The number of rotatable bonds is 3. The summed E-state index contributed by atoms with van der Waals surface area (Å²) in [5.74, 6) is 0.129. The predicted molar refractivity (Wildman–Crippen MR) is 51.5 cm³/mol. The van der Waals surface area contributed by atoms with E-state index in [2.05, 4.69) is 0 Å². The van der Waals surface area contributed by atoms with Gasteiger partial charge in [-0.15, -0.1) is 0 Å². The Hall–Kier alpha value is -0.890. The van der Waals surface area contributed by atoms with Crippen LogP contribution >= 0.6 is 0 Å². The first-order valence-corrected chi connectivity index (χ1v) is 4.50. The summed E-state index contributed by atoms with van der Waals surface area (Å²) in [5.41, 5.74) is 1.74. The van der Waals surface area contributed by atoms with E-state index in [1.54, 1.807) is 12.1 Å². The molecular formula is C11H15FO. The van der Waals surface area contributed by atoms with Crippen molar-refractivity contribution in [2.24, 2.45) is 0 Å². The van der Waals surface area contributed by atoms with Crippen molar-refractivity contribution in [1.29, 1.82) is 0 Å². The molecule has 0 spiro atoms. The largest absolute Gasteiger partial charge is 0.396 e. The number of benzene rings is 1. The van der Waals surface area contributed by atoms with E-state index in [9.17, 15) is 4.39 Å². The third-order valence-electron chi connectivity index (χ3n) is 2.24. The highest BCUT2D eigenvalue weighted by Gasteiger charge is 2.05. The first-order chi connectivity index (χ1) is 6.15. The number of halogens is 1. The number of aliphatic hydroxyl groups is 1. The summed E-state index contributed by atoms with van der Waals surface area (Å²) in [6.07, 6.45) is -0.918. The number of alkyl halides is 1. The van der Waals surface area contributed by atoms with Crippen molar-refractivity contribution in [1.82, 2.24) is 0 Å². The zero-order chi connectivity index (χ0) is 9.84. The molecule has 2 unspecified atom stereocenters. The lowest BCUT2D eigenvalue weighted by Crippen LogP contribution is -1.98. The Morgan fingerprint density at radius 3 is 2.00 bits per heavy atom. The van der Waals surface area contributed by atoms with Gasteiger partial charge < -0.3 is 5.11 Å². The van der Waals surface area contributed by atoms with Crippen LogP contribution in [0.4, 0.5) is 4.39 Å². The molecule has 72 valence electrons. The van der Waals surface area contributed by atoms with E-state index in [1.807, 2.05) is 19.1 Å². The van der Waals surface area contributed by atoms with Gasteiger partial charge in [-0.1, -0.05) is 31.2 Å². The first-order valence-electron chi connectivity index (χ1n) is 4.50. The van der Waals surface area contributed by atoms with Crippen LogP contribution in [0.15, 0.2) is 24.3 Å². The molecular weight excluding hydrogens is 167 g/mol. The lowest BCUT2D eigenvalue weighted by Gasteiger charge is -2.09. The molecule has 1 nitrogen and oxygen atoms in total. The molecule has 0 radical (unpaired) electrons. The Morgan fingerprint density at radius 1 is 1.15 bits per heavy atom. The van der Waals surface area contributed by atoms with Crippen molar-refractivity contribution in [3.63, 3.8) is 0 Å². The fraction of sp³-hybridized carbons (Fsp3) is 0.455. The minimum Gasteiger partial charge on any atom is -0.396 e. The van der Waals surface area contributed by atoms with Gasteiger partial charge >= 0.3 is 0 Å². The predicted octanol–water partition coefficient (Wildman–Crippen LogP) is 2.81. The maximum atomic E-state index is 12.8. The van der Waals surface area contributed by atoms with Crippen LogP contribution in [0.1, 0.15) is 37.1 Å². The average molecular weight is 182 g/mol. The zero-order valence-electron chi connectivity index (χ0n) is 8.00. The molecule has 0 bridgehead atoms. The van der Waals surface area contributed by atoms with Gasteiger partial charge in [0.25, 0.3) is 0 Å². The van der Waals surface area contributed by atoms with Crippen LogP contribution in [0.3, 0.4) is 0 Å². The smallest absolute Gasteiger partial charge is 0.122 e. The second-order valence-electron chi connectivity index (χ2n) is 3.37. The van der Waals surface area contributed by atoms with Gasteiger partial charge in [0.2, 0.25) is 0 Å². The fourth-order valence-corrected chi connectivity index (χ4v) is 1.20.